The number of esters is 1. The molecule has 0 spiro atoms. The van der Waals surface area contributed by atoms with E-state index in [4.69, 9.17) is 14.2 Å². The van der Waals surface area contributed by atoms with Crippen LogP contribution in [0.4, 0.5) is 5.69 Å². The molecular formula is C19H21NO5. The van der Waals surface area contributed by atoms with Crippen LogP contribution in [0.2, 0.25) is 0 Å². The van der Waals surface area contributed by atoms with E-state index < -0.39 is 18.0 Å². The van der Waals surface area contributed by atoms with Gasteiger partial charge in [0.05, 0.1) is 19.8 Å². The van der Waals surface area contributed by atoms with Crippen molar-refractivity contribution in [3.63, 3.8) is 0 Å². The topological polar surface area (TPSA) is 73.9 Å². The number of carbonyl (C=O) groups excluding carboxylic acids is 2. The van der Waals surface area contributed by atoms with E-state index in [0.717, 1.165) is 5.56 Å². The summed E-state index contributed by atoms with van der Waals surface area (Å²) in [7, 11) is 3.04. The summed E-state index contributed by atoms with van der Waals surface area (Å²) in [4.78, 5) is 24.3. The van der Waals surface area contributed by atoms with Crippen molar-refractivity contribution in [2.24, 2.45) is 0 Å². The molecule has 1 unspecified atom stereocenters. The molecule has 0 aliphatic rings. The van der Waals surface area contributed by atoms with E-state index >= 15 is 0 Å². The van der Waals surface area contributed by atoms with Crippen LogP contribution in [0.25, 0.3) is 0 Å². The molecule has 1 atom stereocenters. The molecule has 1 amide bonds. The lowest BCUT2D eigenvalue weighted by molar-refractivity contribution is -0.123. The largest absolute Gasteiger partial charge is 0.493 e. The number of ether oxygens (including phenoxy) is 3. The normalized spacial score (nSPS) is 11.4. The van der Waals surface area contributed by atoms with Crippen LogP contribution >= 0.6 is 0 Å². The second-order valence-electron chi connectivity index (χ2n) is 5.48. The number of nitrogens with one attached hydrogen (secondary N) is 1. The molecule has 0 saturated heterocycles. The Morgan fingerprint density at radius 1 is 1.00 bits per heavy atom. The van der Waals surface area contributed by atoms with Crippen molar-refractivity contribution in [2.45, 2.75) is 20.0 Å². The zero-order chi connectivity index (χ0) is 18.4. The molecule has 25 heavy (non-hydrogen) atoms. The minimum absolute atomic E-state index is 0.408. The second kappa shape index (κ2) is 8.19. The second-order valence-corrected chi connectivity index (χ2v) is 5.48. The van der Waals surface area contributed by atoms with Gasteiger partial charge in [-0.15, -0.1) is 0 Å². The van der Waals surface area contributed by atoms with Gasteiger partial charge in [0.25, 0.3) is 5.91 Å². The van der Waals surface area contributed by atoms with E-state index in [1.807, 2.05) is 13.0 Å². The summed E-state index contributed by atoms with van der Waals surface area (Å²) in [5.74, 6) is 0.0658. The SMILES string of the molecule is COc1ccc(NC(=O)C(C)OC(=O)c2cccc(C)c2)cc1OC. The summed E-state index contributed by atoms with van der Waals surface area (Å²) in [6.07, 6.45) is -0.943. The van der Waals surface area contributed by atoms with Gasteiger partial charge in [-0.1, -0.05) is 17.7 Å². The van der Waals surface area contributed by atoms with Gasteiger partial charge < -0.3 is 19.5 Å². The summed E-state index contributed by atoms with van der Waals surface area (Å²) in [5.41, 5.74) is 1.86. The lowest BCUT2D eigenvalue weighted by Gasteiger charge is -2.15. The summed E-state index contributed by atoms with van der Waals surface area (Å²) < 4.78 is 15.6. The van der Waals surface area contributed by atoms with Crippen LogP contribution in [0.5, 0.6) is 11.5 Å². The fourth-order valence-corrected chi connectivity index (χ4v) is 2.21. The maximum atomic E-state index is 12.2. The molecule has 0 aliphatic carbocycles. The summed E-state index contributed by atoms with van der Waals surface area (Å²) >= 11 is 0. The van der Waals surface area contributed by atoms with Gasteiger partial charge in [-0.2, -0.15) is 0 Å². The number of anilines is 1. The van der Waals surface area contributed by atoms with E-state index in [1.54, 1.807) is 36.4 Å². The number of aryl methyl sites for hydroxylation is 1. The molecule has 0 saturated carbocycles. The number of benzene rings is 2. The van der Waals surface area contributed by atoms with Crippen molar-refractivity contribution < 1.29 is 23.8 Å². The summed E-state index contributed by atoms with van der Waals surface area (Å²) in [6, 6.07) is 12.0. The van der Waals surface area contributed by atoms with Gasteiger partial charge in [0.2, 0.25) is 0 Å². The van der Waals surface area contributed by atoms with E-state index in [-0.39, 0.29) is 0 Å². The van der Waals surface area contributed by atoms with E-state index in [1.165, 1.54) is 21.1 Å². The molecule has 132 valence electrons. The van der Waals surface area contributed by atoms with Gasteiger partial charge in [-0.3, -0.25) is 4.79 Å². The monoisotopic (exact) mass is 343 g/mol. The molecule has 1 N–H and O–H groups in total. The maximum absolute atomic E-state index is 12.2. The van der Waals surface area contributed by atoms with Crippen LogP contribution in [0.1, 0.15) is 22.8 Å². The number of methoxy groups -OCH3 is 2. The number of carbonyl (C=O) groups is 2. The average molecular weight is 343 g/mol. The zero-order valence-corrected chi connectivity index (χ0v) is 14.7. The predicted octanol–water partition coefficient (Wildman–Crippen LogP) is 3.20. The van der Waals surface area contributed by atoms with Gasteiger partial charge >= 0.3 is 5.97 Å². The average Bonchev–Trinajstić information content (AvgIpc) is 2.61. The molecule has 2 rings (SSSR count). The van der Waals surface area contributed by atoms with Gasteiger partial charge in [0, 0.05) is 11.8 Å². The Labute approximate surface area is 146 Å². The first-order valence-electron chi connectivity index (χ1n) is 7.75. The first-order chi connectivity index (χ1) is 11.9. The number of amides is 1. The Bertz CT molecular complexity index is 772. The van der Waals surface area contributed by atoms with Crippen molar-refractivity contribution in [3.05, 3.63) is 53.6 Å². The third kappa shape index (κ3) is 4.73. The molecule has 6 nitrogen and oxygen atoms in total. The third-order valence-corrected chi connectivity index (χ3v) is 3.56. The van der Waals surface area contributed by atoms with Crippen LogP contribution in [0, 0.1) is 6.92 Å². The molecule has 2 aromatic rings. The maximum Gasteiger partial charge on any atom is 0.338 e. The molecule has 0 radical (unpaired) electrons. The van der Waals surface area contributed by atoms with Crippen molar-refractivity contribution in [2.75, 3.05) is 19.5 Å². The molecule has 6 heteroatoms. The Morgan fingerprint density at radius 3 is 2.36 bits per heavy atom. The van der Waals surface area contributed by atoms with Gasteiger partial charge in [-0.05, 0) is 38.1 Å². The quantitative estimate of drug-likeness (QED) is 0.816. The predicted molar refractivity (Wildman–Crippen MR) is 94.2 cm³/mol. The number of rotatable bonds is 6. The first-order valence-corrected chi connectivity index (χ1v) is 7.75. The van der Waals surface area contributed by atoms with Crippen LogP contribution < -0.4 is 14.8 Å². The molecule has 0 heterocycles. The Morgan fingerprint density at radius 2 is 1.72 bits per heavy atom. The van der Waals surface area contributed by atoms with E-state index in [0.29, 0.717) is 22.7 Å². The molecule has 0 aromatic heterocycles. The molecule has 2 aromatic carbocycles. The van der Waals surface area contributed by atoms with Crippen molar-refractivity contribution in [1.29, 1.82) is 0 Å². The highest BCUT2D eigenvalue weighted by atomic mass is 16.5. The minimum Gasteiger partial charge on any atom is -0.493 e. The van der Waals surface area contributed by atoms with Crippen LogP contribution in [0.3, 0.4) is 0 Å². The zero-order valence-electron chi connectivity index (χ0n) is 14.7. The lowest BCUT2D eigenvalue weighted by Crippen LogP contribution is -2.30. The van der Waals surface area contributed by atoms with Crippen LogP contribution in [-0.4, -0.2) is 32.2 Å². The lowest BCUT2D eigenvalue weighted by atomic mass is 10.1. The van der Waals surface area contributed by atoms with Crippen LogP contribution in [0.15, 0.2) is 42.5 Å². The highest BCUT2D eigenvalue weighted by molar-refractivity contribution is 5.97. The van der Waals surface area contributed by atoms with E-state index in [2.05, 4.69) is 5.32 Å². The van der Waals surface area contributed by atoms with Crippen molar-refractivity contribution >= 4 is 17.6 Å². The number of hydrogen-bond acceptors (Lipinski definition) is 5. The molecule has 0 fully saturated rings. The molecule has 0 aliphatic heterocycles. The van der Waals surface area contributed by atoms with Gasteiger partial charge in [-0.25, -0.2) is 4.79 Å². The molecular weight excluding hydrogens is 322 g/mol. The highest BCUT2D eigenvalue weighted by Crippen LogP contribution is 2.29. The standard InChI is InChI=1S/C19H21NO5/c1-12-6-5-7-14(10-12)19(22)25-13(2)18(21)20-15-8-9-16(23-3)17(11-15)24-4/h5-11,13H,1-4H3,(H,20,21). The minimum atomic E-state index is -0.943. The Balaban J connectivity index is 2.01. The van der Waals surface area contributed by atoms with Crippen LogP contribution in [-0.2, 0) is 9.53 Å². The van der Waals surface area contributed by atoms with Gasteiger partial charge in [0.1, 0.15) is 0 Å². The van der Waals surface area contributed by atoms with Crippen molar-refractivity contribution in [1.82, 2.24) is 0 Å². The smallest absolute Gasteiger partial charge is 0.338 e. The van der Waals surface area contributed by atoms with E-state index in [9.17, 15) is 9.59 Å². The van der Waals surface area contributed by atoms with Crippen molar-refractivity contribution in [3.8, 4) is 11.5 Å². The summed E-state index contributed by atoms with van der Waals surface area (Å²) in [5, 5.41) is 2.68. The third-order valence-electron chi connectivity index (χ3n) is 3.56. The summed E-state index contributed by atoms with van der Waals surface area (Å²) in [6.45, 7) is 3.40. The fraction of sp³-hybridized carbons (Fsp3) is 0.263. The Hall–Kier alpha value is -3.02. The fourth-order valence-electron chi connectivity index (χ4n) is 2.21. The highest BCUT2D eigenvalue weighted by Gasteiger charge is 2.19. The Kier molecular flexibility index (Phi) is 6.00. The number of hydrogen-bond donors (Lipinski definition) is 1. The van der Waals surface area contributed by atoms with Gasteiger partial charge in [0.15, 0.2) is 17.6 Å². The molecule has 0 bridgehead atoms. The first kappa shape index (κ1) is 18.3.